The summed E-state index contributed by atoms with van der Waals surface area (Å²) in [6.45, 7) is 2.57. The van der Waals surface area contributed by atoms with Gasteiger partial charge in [-0.3, -0.25) is 24.6 Å². The van der Waals surface area contributed by atoms with E-state index in [1.807, 2.05) is 0 Å². The molecule has 2 atom stereocenters. The predicted octanol–water partition coefficient (Wildman–Crippen LogP) is 1.06. The van der Waals surface area contributed by atoms with Gasteiger partial charge < -0.3 is 20.4 Å². The highest BCUT2D eigenvalue weighted by atomic mass is 32.2. The molecule has 3 rings (SSSR count). The largest absolute Gasteiger partial charge is 0.479 e. The van der Waals surface area contributed by atoms with E-state index in [1.54, 1.807) is 0 Å². The lowest BCUT2D eigenvalue weighted by Gasteiger charge is -2.49. The van der Waals surface area contributed by atoms with E-state index in [4.69, 9.17) is 5.11 Å². The van der Waals surface area contributed by atoms with Crippen molar-refractivity contribution < 1.29 is 52.2 Å². The van der Waals surface area contributed by atoms with E-state index in [-0.39, 0.29) is 17.1 Å². The van der Waals surface area contributed by atoms with Crippen LogP contribution >= 0.6 is 34.9 Å². The predicted molar refractivity (Wildman–Crippen MR) is 129 cm³/mol. The minimum atomic E-state index is -5.20. The molecule has 0 spiro atoms. The second-order valence-corrected chi connectivity index (χ2v) is 10.1. The van der Waals surface area contributed by atoms with Crippen LogP contribution in [0.5, 0.6) is 0 Å². The fraction of sp³-hybridized carbons (Fsp3) is 0.316. The number of carboxylic acid groups (broad SMARTS) is 2. The monoisotopic (exact) mass is 595 g/mol. The van der Waals surface area contributed by atoms with Crippen LogP contribution in [0.15, 0.2) is 33.8 Å². The van der Waals surface area contributed by atoms with E-state index in [0.29, 0.717) is 22.7 Å². The number of hydrogen-bond acceptors (Lipinski definition) is 11. The number of fused-ring (bicyclic) bond motifs is 1. The number of thioether (sulfide) groups is 2. The summed E-state index contributed by atoms with van der Waals surface area (Å²) in [4.78, 5) is 68.8. The summed E-state index contributed by atoms with van der Waals surface area (Å²) in [5.74, 6) is -6.40. The Bertz CT molecular complexity index is 1250. The molecular formula is C19H16F3N5O8S3. The quantitative estimate of drug-likeness (QED) is 0.163. The van der Waals surface area contributed by atoms with Crippen molar-refractivity contribution in [2.24, 2.45) is 5.16 Å². The molecule has 38 heavy (non-hydrogen) atoms. The summed E-state index contributed by atoms with van der Waals surface area (Å²) in [5.41, 5.74) is -0.798. The number of nitrogens with zero attached hydrogens (tertiary/aromatic N) is 3. The molecule has 4 N–H and O–H groups in total. The lowest BCUT2D eigenvalue weighted by atomic mass is 10.0. The summed E-state index contributed by atoms with van der Waals surface area (Å²) >= 11 is 2.96. The average Bonchev–Trinajstić information content (AvgIpc) is 3.30. The fourth-order valence-corrected chi connectivity index (χ4v) is 5.85. The number of carbonyl (C=O) groups is 5. The van der Waals surface area contributed by atoms with Crippen LogP contribution in [0.2, 0.25) is 0 Å². The van der Waals surface area contributed by atoms with Crippen LogP contribution in [0.4, 0.5) is 18.3 Å². The standard InChI is InChI=1S/C19H16F3N5O8S3/c1-2-36-4-7-5-37-15-11(14(31)27(15)12(7)16(32)33)24-13(30)10(26-35-3-9(28)29)8-6-38-18(23-8)25-17(34)19(20,21)22/h2,6,11,15H,1,3-5H2,(H,24,30)(H,28,29)(H,32,33)(H,23,25,34)/b26-10+. The maximum Gasteiger partial charge on any atom is 0.471 e. The van der Waals surface area contributed by atoms with Crippen molar-refractivity contribution in [1.82, 2.24) is 15.2 Å². The van der Waals surface area contributed by atoms with E-state index in [2.05, 4.69) is 26.9 Å². The number of oxime groups is 1. The number of alkyl halides is 3. The van der Waals surface area contributed by atoms with Crippen LogP contribution in [-0.2, 0) is 28.8 Å². The van der Waals surface area contributed by atoms with Crippen molar-refractivity contribution in [2.75, 3.05) is 23.4 Å². The Hall–Kier alpha value is -3.58. The second-order valence-electron chi connectivity index (χ2n) is 7.19. The number of carbonyl (C=O) groups excluding carboxylic acids is 3. The first-order valence-electron chi connectivity index (χ1n) is 10.0. The highest BCUT2D eigenvalue weighted by Crippen LogP contribution is 2.41. The minimum Gasteiger partial charge on any atom is -0.479 e. The summed E-state index contributed by atoms with van der Waals surface area (Å²) in [6.07, 6.45) is -5.20. The summed E-state index contributed by atoms with van der Waals surface area (Å²) in [5, 5.41) is 26.9. The van der Waals surface area contributed by atoms with E-state index in [1.165, 1.54) is 34.2 Å². The molecule has 0 aliphatic carbocycles. The molecule has 1 saturated heterocycles. The smallest absolute Gasteiger partial charge is 0.471 e. The Morgan fingerprint density at radius 3 is 2.66 bits per heavy atom. The highest BCUT2D eigenvalue weighted by Gasteiger charge is 2.54. The molecule has 0 saturated carbocycles. The van der Waals surface area contributed by atoms with Gasteiger partial charge in [0, 0.05) is 16.9 Å². The second kappa shape index (κ2) is 11.9. The van der Waals surface area contributed by atoms with Crippen molar-refractivity contribution >= 4 is 75.4 Å². The van der Waals surface area contributed by atoms with Gasteiger partial charge in [-0.1, -0.05) is 11.7 Å². The SMILES string of the molecule is C=CSCC1=C(C(=O)O)N2C(=O)C(NC(=O)/C(=N/OCC(=O)O)c3csc(NC(=O)C(F)(F)F)n3)C2SC1. The molecule has 0 aromatic carbocycles. The van der Waals surface area contributed by atoms with Gasteiger partial charge in [-0.15, -0.1) is 34.9 Å². The molecular weight excluding hydrogens is 579 g/mol. The van der Waals surface area contributed by atoms with Crippen molar-refractivity contribution in [2.45, 2.75) is 17.6 Å². The van der Waals surface area contributed by atoms with Crippen LogP contribution in [0.3, 0.4) is 0 Å². The molecule has 1 fully saturated rings. The van der Waals surface area contributed by atoms with Gasteiger partial charge in [0.1, 0.15) is 22.8 Å². The molecule has 3 heterocycles. The number of rotatable bonds is 11. The zero-order valence-corrected chi connectivity index (χ0v) is 21.1. The van der Waals surface area contributed by atoms with E-state index < -0.39 is 64.7 Å². The van der Waals surface area contributed by atoms with Crippen LogP contribution < -0.4 is 10.6 Å². The Balaban J connectivity index is 1.80. The van der Waals surface area contributed by atoms with Gasteiger partial charge in [-0.2, -0.15) is 13.2 Å². The van der Waals surface area contributed by atoms with Gasteiger partial charge in [0.25, 0.3) is 11.8 Å². The van der Waals surface area contributed by atoms with Crippen molar-refractivity contribution in [3.63, 3.8) is 0 Å². The molecule has 1 aromatic rings. The molecule has 0 bridgehead atoms. The Morgan fingerprint density at radius 2 is 2.05 bits per heavy atom. The fourth-order valence-electron chi connectivity index (χ4n) is 3.13. The van der Waals surface area contributed by atoms with Crippen molar-refractivity contribution in [1.29, 1.82) is 0 Å². The number of nitrogens with one attached hydrogen (secondary N) is 2. The number of carboxylic acids is 2. The van der Waals surface area contributed by atoms with Crippen LogP contribution in [-0.4, -0.2) is 91.2 Å². The van der Waals surface area contributed by atoms with Crippen LogP contribution in [0.1, 0.15) is 5.69 Å². The molecule has 2 aliphatic heterocycles. The molecule has 19 heteroatoms. The van der Waals surface area contributed by atoms with Gasteiger partial charge in [0.2, 0.25) is 6.61 Å². The lowest BCUT2D eigenvalue weighted by Crippen LogP contribution is -2.71. The van der Waals surface area contributed by atoms with E-state index in [0.717, 1.165) is 10.3 Å². The highest BCUT2D eigenvalue weighted by molar-refractivity contribution is 8.02. The number of thiazole rings is 1. The number of aromatic nitrogens is 1. The molecule has 204 valence electrons. The van der Waals surface area contributed by atoms with Gasteiger partial charge in [-0.25, -0.2) is 14.6 Å². The average molecular weight is 596 g/mol. The minimum absolute atomic E-state index is 0.207. The zero-order chi connectivity index (χ0) is 28.2. The maximum absolute atomic E-state index is 13.0. The molecule has 2 unspecified atom stereocenters. The molecule has 13 nitrogen and oxygen atoms in total. The molecule has 1 aromatic heterocycles. The van der Waals surface area contributed by atoms with Gasteiger partial charge in [-0.05, 0) is 11.0 Å². The van der Waals surface area contributed by atoms with Gasteiger partial charge in [0.05, 0.1) is 0 Å². The zero-order valence-electron chi connectivity index (χ0n) is 18.7. The third-order valence-corrected chi connectivity index (χ3v) is 7.54. The summed E-state index contributed by atoms with van der Waals surface area (Å²) in [6, 6.07) is -1.21. The summed E-state index contributed by atoms with van der Waals surface area (Å²) in [7, 11) is 0. The van der Waals surface area contributed by atoms with Crippen LogP contribution in [0, 0.1) is 0 Å². The first-order chi connectivity index (χ1) is 17.8. The Labute approximate surface area is 223 Å². The van der Waals surface area contributed by atoms with Crippen molar-refractivity contribution in [3.8, 4) is 0 Å². The summed E-state index contributed by atoms with van der Waals surface area (Å²) < 4.78 is 37.5. The van der Waals surface area contributed by atoms with E-state index >= 15 is 0 Å². The Morgan fingerprint density at radius 1 is 1.34 bits per heavy atom. The maximum atomic E-state index is 13.0. The number of halogens is 3. The third-order valence-electron chi connectivity index (χ3n) is 4.70. The third kappa shape index (κ3) is 6.45. The number of hydrogen-bond donors (Lipinski definition) is 4. The topological polar surface area (TPSA) is 188 Å². The van der Waals surface area contributed by atoms with Gasteiger partial charge >= 0.3 is 24.0 Å². The number of aliphatic carboxylic acids is 2. The van der Waals surface area contributed by atoms with Crippen molar-refractivity contribution in [3.05, 3.63) is 34.3 Å². The van der Waals surface area contributed by atoms with E-state index in [9.17, 15) is 42.3 Å². The number of amides is 3. The number of anilines is 1. The molecule has 0 radical (unpaired) electrons. The van der Waals surface area contributed by atoms with Crippen LogP contribution in [0.25, 0.3) is 0 Å². The first kappa shape index (κ1) is 29.0. The van der Waals surface area contributed by atoms with Gasteiger partial charge in [0.15, 0.2) is 10.8 Å². The normalized spacial score (nSPS) is 19.3. The Kier molecular flexibility index (Phi) is 9.05. The first-order valence-corrected chi connectivity index (χ1v) is 13.0. The molecule has 3 amide bonds. The molecule has 2 aliphatic rings. The number of β-lactam (4-membered cyclic amide) rings is 1. The lowest BCUT2D eigenvalue weighted by molar-refractivity contribution is -0.167.